The molecule has 0 amide bonds. The van der Waals surface area contributed by atoms with E-state index in [2.05, 4.69) is 58.9 Å². The summed E-state index contributed by atoms with van der Waals surface area (Å²) in [4.78, 5) is 0. The van der Waals surface area contributed by atoms with Crippen molar-refractivity contribution in [3.63, 3.8) is 0 Å². The number of halogens is 1. The topological polar surface area (TPSA) is 27.7 Å². The van der Waals surface area contributed by atoms with Crippen LogP contribution < -0.4 is 0 Å². The van der Waals surface area contributed by atoms with Gasteiger partial charge in [0.2, 0.25) is 0 Å². The first-order valence-electron chi connectivity index (χ1n) is 7.35. The first-order valence-corrected chi connectivity index (χ1v) is 22.6. The van der Waals surface area contributed by atoms with Gasteiger partial charge in [0, 0.05) is 6.04 Å². The fourth-order valence-electron chi connectivity index (χ4n) is 1.90. The maximum Gasteiger partial charge on any atom is 0.469 e. The van der Waals surface area contributed by atoms with E-state index in [1.54, 1.807) is 0 Å². The highest BCUT2D eigenvalue weighted by molar-refractivity contribution is 6.95. The van der Waals surface area contributed by atoms with Crippen LogP contribution in [0.15, 0.2) is 0 Å². The summed E-state index contributed by atoms with van der Waals surface area (Å²) >= 11 is 6.05. The van der Waals surface area contributed by atoms with Gasteiger partial charge in [-0.05, 0) is 65.0 Å². The summed E-state index contributed by atoms with van der Waals surface area (Å²) in [5.41, 5.74) is 0. The number of hydrogen-bond acceptors (Lipinski definition) is 3. The maximum absolute atomic E-state index is 6.55. The molecular weight excluding hydrogens is 356 g/mol. The molecule has 0 aromatic carbocycles. The van der Waals surface area contributed by atoms with Crippen LogP contribution in [0.2, 0.25) is 71.0 Å². The van der Waals surface area contributed by atoms with Gasteiger partial charge in [0.1, 0.15) is 8.83 Å². The lowest BCUT2D eigenvalue weighted by molar-refractivity contribution is 0.254. The normalized spacial score (nSPS) is 15.3. The van der Waals surface area contributed by atoms with Gasteiger partial charge in [-0.15, -0.1) is 0 Å². The van der Waals surface area contributed by atoms with Gasteiger partial charge in [-0.3, -0.25) is 0 Å². The third-order valence-corrected chi connectivity index (χ3v) is 16.2. The van der Waals surface area contributed by atoms with Crippen molar-refractivity contribution in [1.82, 2.24) is 0 Å². The van der Waals surface area contributed by atoms with Crippen LogP contribution in [0.25, 0.3) is 0 Å². The van der Waals surface area contributed by atoms with Crippen molar-refractivity contribution in [1.29, 1.82) is 0 Å². The van der Waals surface area contributed by atoms with Crippen LogP contribution in [-0.2, 0) is 12.3 Å². The molecule has 0 aliphatic rings. The van der Waals surface area contributed by atoms with E-state index in [9.17, 15) is 0 Å². The van der Waals surface area contributed by atoms with Crippen LogP contribution >= 0.6 is 11.1 Å². The van der Waals surface area contributed by atoms with Gasteiger partial charge in [0.05, 0.1) is 0 Å². The van der Waals surface area contributed by atoms with Crippen molar-refractivity contribution < 1.29 is 12.3 Å². The Morgan fingerprint density at radius 3 is 1.20 bits per heavy atom. The summed E-state index contributed by atoms with van der Waals surface area (Å²) in [6.07, 6.45) is 0. The average molecular weight is 389 g/mol. The SMILES string of the molecule is C[Si](C)(C)O[Si](CC[SiH2]Cl)(O[Si](C)(C)C)O[Si](C)(C)C. The molecule has 0 saturated carbocycles. The Morgan fingerprint density at radius 2 is 1.00 bits per heavy atom. The molecule has 122 valence electrons. The Labute approximate surface area is 137 Å². The van der Waals surface area contributed by atoms with E-state index in [-0.39, 0.29) is 0 Å². The molecule has 0 radical (unpaired) electrons. The monoisotopic (exact) mass is 388 g/mol. The molecule has 0 bridgehead atoms. The predicted octanol–water partition coefficient (Wildman–Crippen LogP) is 4.22. The number of rotatable bonds is 9. The minimum absolute atomic E-state index is 0.512. The zero-order valence-corrected chi connectivity index (χ0v) is 20.9. The molecule has 0 aromatic heterocycles. The molecule has 0 N–H and O–H groups in total. The quantitative estimate of drug-likeness (QED) is 0.437. The average Bonchev–Trinajstić information content (AvgIpc) is 2.05. The largest absolute Gasteiger partial charge is 0.469 e. The second-order valence-corrected chi connectivity index (χ2v) is 27.3. The molecule has 0 saturated heterocycles. The van der Waals surface area contributed by atoms with Gasteiger partial charge >= 0.3 is 8.80 Å². The highest BCUT2D eigenvalue weighted by Gasteiger charge is 2.49. The highest BCUT2D eigenvalue weighted by atomic mass is 35.6. The number of hydrogen-bond donors (Lipinski definition) is 0. The van der Waals surface area contributed by atoms with Gasteiger partial charge in [-0.25, -0.2) is 0 Å². The fraction of sp³-hybridized carbons (Fsp3) is 1.00. The first kappa shape index (κ1) is 21.3. The standard InChI is InChI=1S/C11H33ClO3Si5/c1-17(2,3)13-20(11-10-16-12,14-18(4,5)6)15-19(7,8)9/h10-11,16H2,1-9H3. The lowest BCUT2D eigenvalue weighted by Gasteiger charge is -2.42. The van der Waals surface area contributed by atoms with Crippen LogP contribution in [0.3, 0.4) is 0 Å². The first-order chi connectivity index (χ1) is 8.68. The van der Waals surface area contributed by atoms with Crippen LogP contribution in [0.5, 0.6) is 0 Å². The molecule has 0 rings (SSSR count). The molecule has 0 aliphatic carbocycles. The smallest absolute Gasteiger partial charge is 0.417 e. The molecule has 0 atom stereocenters. The van der Waals surface area contributed by atoms with Gasteiger partial charge in [0.25, 0.3) is 0 Å². The van der Waals surface area contributed by atoms with E-state index in [4.69, 9.17) is 23.4 Å². The second-order valence-electron chi connectivity index (χ2n) is 8.12. The third-order valence-electron chi connectivity index (χ3n) is 2.00. The van der Waals surface area contributed by atoms with Crippen LogP contribution in [0.4, 0.5) is 0 Å². The van der Waals surface area contributed by atoms with E-state index >= 15 is 0 Å². The van der Waals surface area contributed by atoms with Gasteiger partial charge < -0.3 is 12.3 Å². The molecule has 0 unspecified atom stereocenters. The van der Waals surface area contributed by atoms with E-state index in [0.29, 0.717) is 0 Å². The van der Waals surface area contributed by atoms with Crippen molar-refractivity contribution in [2.75, 3.05) is 0 Å². The van der Waals surface area contributed by atoms with E-state index in [1.165, 1.54) is 0 Å². The zero-order valence-electron chi connectivity index (χ0n) is 14.7. The molecule has 0 heterocycles. The minimum Gasteiger partial charge on any atom is -0.417 e. The Balaban J connectivity index is 5.38. The summed E-state index contributed by atoms with van der Waals surface area (Å²) in [6, 6.07) is 1.94. The Kier molecular flexibility index (Phi) is 8.17. The van der Waals surface area contributed by atoms with E-state index < -0.39 is 42.6 Å². The summed E-state index contributed by atoms with van der Waals surface area (Å²) in [5, 5.41) is 0. The molecule has 0 aliphatic heterocycles. The molecule has 0 aromatic rings. The van der Waals surface area contributed by atoms with Crippen molar-refractivity contribution >= 4 is 53.7 Å². The highest BCUT2D eigenvalue weighted by Crippen LogP contribution is 2.29. The van der Waals surface area contributed by atoms with Crippen molar-refractivity contribution in [3.8, 4) is 0 Å². The Bertz CT molecular complexity index is 255. The Morgan fingerprint density at radius 1 is 0.700 bits per heavy atom. The van der Waals surface area contributed by atoms with E-state index in [0.717, 1.165) is 12.1 Å². The molecule has 9 heteroatoms. The van der Waals surface area contributed by atoms with Crippen LogP contribution in [0, 0.1) is 0 Å². The lowest BCUT2D eigenvalue weighted by Crippen LogP contribution is -2.60. The third kappa shape index (κ3) is 10.9. The summed E-state index contributed by atoms with van der Waals surface area (Å²) in [5.74, 6) is 0. The molecule has 20 heavy (non-hydrogen) atoms. The van der Waals surface area contributed by atoms with Crippen molar-refractivity contribution in [2.24, 2.45) is 0 Å². The van der Waals surface area contributed by atoms with Gasteiger partial charge in [0.15, 0.2) is 25.0 Å². The maximum atomic E-state index is 6.55. The lowest BCUT2D eigenvalue weighted by atomic mass is 11.0. The van der Waals surface area contributed by atoms with Gasteiger partial charge in [-0.1, -0.05) is 0 Å². The van der Waals surface area contributed by atoms with Crippen molar-refractivity contribution in [3.05, 3.63) is 0 Å². The Hall–Kier alpha value is 1.25. The molecule has 0 spiro atoms. The van der Waals surface area contributed by atoms with Crippen LogP contribution in [-0.4, -0.2) is 42.6 Å². The second kappa shape index (κ2) is 7.69. The minimum atomic E-state index is -2.59. The van der Waals surface area contributed by atoms with Gasteiger partial charge in [-0.2, -0.15) is 11.1 Å². The van der Waals surface area contributed by atoms with Crippen LogP contribution in [0.1, 0.15) is 0 Å². The predicted molar refractivity (Wildman–Crippen MR) is 103 cm³/mol. The zero-order chi connectivity index (χ0) is 16.2. The molecular formula is C11H33ClO3Si5. The molecule has 3 nitrogen and oxygen atoms in total. The summed E-state index contributed by atoms with van der Waals surface area (Å²) < 4.78 is 19.6. The summed E-state index contributed by atoms with van der Waals surface area (Å²) in [6.45, 7) is 19.9. The summed E-state index contributed by atoms with van der Waals surface area (Å²) in [7, 11) is -8.24. The van der Waals surface area contributed by atoms with Crippen molar-refractivity contribution in [2.45, 2.75) is 71.0 Å². The van der Waals surface area contributed by atoms with E-state index in [1.807, 2.05) is 0 Å². The fourth-order valence-corrected chi connectivity index (χ4v) is 19.4. The molecule has 0 fully saturated rings.